The number of imidazole rings is 1. The van der Waals surface area contributed by atoms with Crippen molar-refractivity contribution in [3.8, 4) is 5.75 Å². The predicted molar refractivity (Wildman–Crippen MR) is 138 cm³/mol. The largest absolute Gasteiger partial charge is 0.489 e. The van der Waals surface area contributed by atoms with Crippen molar-refractivity contribution in [1.82, 2.24) is 24.1 Å². The van der Waals surface area contributed by atoms with E-state index in [1.54, 1.807) is 4.68 Å². The Labute approximate surface area is 212 Å². The first-order valence-corrected chi connectivity index (χ1v) is 13.4. The maximum absolute atomic E-state index is 12.8. The van der Waals surface area contributed by atoms with Gasteiger partial charge in [-0.3, -0.25) is 9.20 Å². The molecule has 5 heterocycles. The number of hydrogen-bond donors (Lipinski definition) is 0. The molecule has 3 aliphatic rings. The molecule has 0 N–H and O–H groups in total. The summed E-state index contributed by atoms with van der Waals surface area (Å²) in [6, 6.07) is 4.17. The van der Waals surface area contributed by atoms with Gasteiger partial charge < -0.3 is 14.4 Å². The van der Waals surface area contributed by atoms with Gasteiger partial charge in [-0.2, -0.15) is 5.10 Å². The smallest absolute Gasteiger partial charge is 0.272 e. The summed E-state index contributed by atoms with van der Waals surface area (Å²) in [6.45, 7) is 10.2. The Morgan fingerprint density at radius 2 is 1.97 bits per heavy atom. The van der Waals surface area contributed by atoms with E-state index in [1.165, 1.54) is 0 Å². The average molecular weight is 492 g/mol. The monoisotopic (exact) mass is 491 g/mol. The molecule has 0 radical (unpaired) electrons. The molecule has 3 aromatic rings. The second-order valence-corrected chi connectivity index (χ2v) is 11.2. The number of hydrogen-bond acceptors (Lipinski definition) is 6. The SMILES string of the molecule is Cc1c(CCCN2CC3(CC(Oc4ccc5cnc(C)n5c4C)C3)C2)cnn(C2CCCCO2)c1=O. The number of nitrogens with zero attached hydrogens (tertiary/aromatic N) is 5. The van der Waals surface area contributed by atoms with Crippen molar-refractivity contribution in [2.24, 2.45) is 5.41 Å². The molecule has 2 saturated heterocycles. The van der Waals surface area contributed by atoms with Crippen LogP contribution in [0, 0.1) is 26.2 Å². The predicted octanol–water partition coefficient (Wildman–Crippen LogP) is 3.99. The van der Waals surface area contributed by atoms with Crippen LogP contribution in [-0.4, -0.2) is 56.4 Å². The van der Waals surface area contributed by atoms with E-state index < -0.39 is 0 Å². The summed E-state index contributed by atoms with van der Waals surface area (Å²) >= 11 is 0. The average Bonchev–Trinajstić information content (AvgIpc) is 3.22. The number of ether oxygens (including phenoxy) is 2. The molecule has 8 nitrogen and oxygen atoms in total. The Hall–Kier alpha value is -2.71. The first-order chi connectivity index (χ1) is 17.4. The minimum atomic E-state index is -0.201. The van der Waals surface area contributed by atoms with Crippen LogP contribution in [0.15, 0.2) is 29.3 Å². The molecule has 0 bridgehead atoms. The molecule has 2 aliphatic heterocycles. The van der Waals surface area contributed by atoms with Gasteiger partial charge in [-0.15, -0.1) is 0 Å². The molecule has 8 heteroatoms. The lowest BCUT2D eigenvalue weighted by Crippen LogP contribution is -2.64. The quantitative estimate of drug-likeness (QED) is 0.498. The van der Waals surface area contributed by atoms with Crippen LogP contribution >= 0.6 is 0 Å². The van der Waals surface area contributed by atoms with E-state index in [4.69, 9.17) is 9.47 Å². The molecule has 1 unspecified atom stereocenters. The lowest BCUT2D eigenvalue weighted by molar-refractivity contribution is -0.119. The van der Waals surface area contributed by atoms with Crippen molar-refractivity contribution in [3.05, 3.63) is 57.5 Å². The molecule has 0 amide bonds. The van der Waals surface area contributed by atoms with Gasteiger partial charge in [-0.05, 0) is 90.0 Å². The van der Waals surface area contributed by atoms with Gasteiger partial charge in [0.05, 0.1) is 23.6 Å². The molecule has 6 rings (SSSR count). The third kappa shape index (κ3) is 4.24. The van der Waals surface area contributed by atoms with Gasteiger partial charge in [0.15, 0.2) is 6.23 Å². The Kier molecular flexibility index (Phi) is 6.12. The van der Waals surface area contributed by atoms with Gasteiger partial charge in [0.25, 0.3) is 5.56 Å². The van der Waals surface area contributed by atoms with Crippen LogP contribution in [0.5, 0.6) is 5.75 Å². The lowest BCUT2D eigenvalue weighted by Gasteiger charge is -2.58. The van der Waals surface area contributed by atoms with Crippen molar-refractivity contribution in [1.29, 1.82) is 0 Å². The van der Waals surface area contributed by atoms with Crippen molar-refractivity contribution in [2.75, 3.05) is 26.2 Å². The van der Waals surface area contributed by atoms with Crippen LogP contribution in [0.3, 0.4) is 0 Å². The number of rotatable bonds is 7. The van der Waals surface area contributed by atoms with E-state index in [0.29, 0.717) is 18.1 Å². The third-order valence-electron chi connectivity index (χ3n) is 8.49. The van der Waals surface area contributed by atoms with E-state index in [1.807, 2.05) is 26.2 Å². The second-order valence-electron chi connectivity index (χ2n) is 11.2. The lowest BCUT2D eigenvalue weighted by atomic mass is 9.61. The van der Waals surface area contributed by atoms with E-state index in [-0.39, 0.29) is 11.8 Å². The first-order valence-electron chi connectivity index (χ1n) is 13.4. The fourth-order valence-electron chi connectivity index (χ4n) is 6.48. The minimum absolute atomic E-state index is 0.000369. The number of aryl methyl sites for hydroxylation is 3. The summed E-state index contributed by atoms with van der Waals surface area (Å²) in [7, 11) is 0. The van der Waals surface area contributed by atoms with Gasteiger partial charge in [0, 0.05) is 30.7 Å². The Morgan fingerprint density at radius 3 is 2.75 bits per heavy atom. The van der Waals surface area contributed by atoms with Crippen LogP contribution in [-0.2, 0) is 11.2 Å². The maximum Gasteiger partial charge on any atom is 0.272 e. The molecular weight excluding hydrogens is 454 g/mol. The Morgan fingerprint density at radius 1 is 1.14 bits per heavy atom. The first kappa shape index (κ1) is 23.7. The van der Waals surface area contributed by atoms with Crippen LogP contribution in [0.4, 0.5) is 0 Å². The van der Waals surface area contributed by atoms with Crippen LogP contribution in [0.25, 0.3) is 5.52 Å². The zero-order valence-electron chi connectivity index (χ0n) is 21.7. The van der Waals surface area contributed by atoms with E-state index >= 15 is 0 Å². The summed E-state index contributed by atoms with van der Waals surface area (Å²) < 4.78 is 15.8. The highest BCUT2D eigenvalue weighted by molar-refractivity contribution is 5.51. The zero-order chi connectivity index (χ0) is 24.9. The third-order valence-corrected chi connectivity index (χ3v) is 8.49. The van der Waals surface area contributed by atoms with Crippen LogP contribution < -0.4 is 10.3 Å². The summed E-state index contributed by atoms with van der Waals surface area (Å²) in [5.74, 6) is 1.97. The van der Waals surface area contributed by atoms with E-state index in [2.05, 4.69) is 38.4 Å². The Balaban J connectivity index is 0.962. The Bertz CT molecular complexity index is 1310. The standard InChI is InChI=1S/C28H37N5O3/c1-19-22(15-30-33(27(19)34)26-8-4-5-12-35-26)7-6-11-31-17-28(18-31)13-24(14-28)36-25-10-9-23-16-29-21(3)32(23)20(25)2/h9-10,15-16,24,26H,4-8,11-14,17-18H2,1-3H3. The topological polar surface area (TPSA) is 73.9 Å². The summed E-state index contributed by atoms with van der Waals surface area (Å²) in [5, 5.41) is 4.45. The second kappa shape index (κ2) is 9.30. The normalized spacial score (nSPS) is 22.0. The molecule has 192 valence electrons. The molecule has 1 spiro atoms. The van der Waals surface area contributed by atoms with Gasteiger partial charge in [0.2, 0.25) is 0 Å². The highest BCUT2D eigenvalue weighted by Crippen LogP contribution is 2.49. The fraction of sp³-hybridized carbons (Fsp3) is 0.607. The summed E-state index contributed by atoms with van der Waals surface area (Å²) in [4.78, 5) is 19.8. The van der Waals surface area contributed by atoms with E-state index in [9.17, 15) is 4.79 Å². The molecule has 36 heavy (non-hydrogen) atoms. The molecule has 3 aromatic heterocycles. The summed E-state index contributed by atoms with van der Waals surface area (Å²) in [5.41, 5.74) is 4.56. The molecule has 1 aliphatic carbocycles. The van der Waals surface area contributed by atoms with Crippen LogP contribution in [0.2, 0.25) is 0 Å². The van der Waals surface area contributed by atoms with Crippen molar-refractivity contribution in [2.45, 2.75) is 78.0 Å². The van der Waals surface area contributed by atoms with Gasteiger partial charge in [-0.1, -0.05) is 0 Å². The molecule has 0 aromatic carbocycles. The van der Waals surface area contributed by atoms with E-state index in [0.717, 1.165) is 98.5 Å². The molecule has 3 fully saturated rings. The maximum atomic E-state index is 12.8. The number of aromatic nitrogens is 4. The van der Waals surface area contributed by atoms with Gasteiger partial charge >= 0.3 is 0 Å². The van der Waals surface area contributed by atoms with Crippen molar-refractivity contribution < 1.29 is 9.47 Å². The minimum Gasteiger partial charge on any atom is -0.489 e. The fourth-order valence-corrected chi connectivity index (χ4v) is 6.48. The zero-order valence-corrected chi connectivity index (χ0v) is 21.7. The van der Waals surface area contributed by atoms with Gasteiger partial charge in [-0.25, -0.2) is 9.67 Å². The molecule has 1 saturated carbocycles. The van der Waals surface area contributed by atoms with Gasteiger partial charge in [0.1, 0.15) is 17.7 Å². The number of pyridine rings is 1. The van der Waals surface area contributed by atoms with Crippen molar-refractivity contribution >= 4 is 5.52 Å². The highest BCUT2D eigenvalue weighted by Gasteiger charge is 2.53. The molecule has 1 atom stereocenters. The van der Waals surface area contributed by atoms with Crippen molar-refractivity contribution in [3.63, 3.8) is 0 Å². The summed E-state index contributed by atoms with van der Waals surface area (Å²) in [6.07, 6.45) is 11.1. The van der Waals surface area contributed by atoms with Crippen LogP contribution in [0.1, 0.15) is 67.4 Å². The molecular formula is C28H37N5O3. The number of likely N-dealkylation sites (tertiary alicyclic amines) is 1. The highest BCUT2D eigenvalue weighted by atomic mass is 16.5. The number of fused-ring (bicyclic) bond motifs is 1.